The van der Waals surface area contributed by atoms with Crippen LogP contribution in [0.15, 0.2) is 48.5 Å². The number of nitrogens with one attached hydrogen (secondary N) is 1. The van der Waals surface area contributed by atoms with Gasteiger partial charge in [-0.3, -0.25) is 4.79 Å². The summed E-state index contributed by atoms with van der Waals surface area (Å²) in [7, 11) is 3.29. The van der Waals surface area contributed by atoms with E-state index in [1.807, 2.05) is 56.3 Å². The van der Waals surface area contributed by atoms with Crippen LogP contribution in [0.2, 0.25) is 0 Å². The maximum Gasteiger partial charge on any atom is 0.238 e. The highest BCUT2D eigenvalue weighted by Crippen LogP contribution is 2.46. The number of carbonyl (C=O) groups is 1. The minimum absolute atomic E-state index is 0.0312. The fourth-order valence-electron chi connectivity index (χ4n) is 3.49. The van der Waals surface area contributed by atoms with Crippen LogP contribution in [0.5, 0.6) is 11.5 Å². The lowest BCUT2D eigenvalue weighted by molar-refractivity contribution is -0.115. The molecule has 29 heavy (non-hydrogen) atoms. The molecule has 0 aliphatic carbocycles. The molecule has 1 N–H and O–H groups in total. The third-order valence-corrected chi connectivity index (χ3v) is 6.44. The van der Waals surface area contributed by atoms with E-state index in [-0.39, 0.29) is 16.4 Å². The Balaban J connectivity index is 1.87. The van der Waals surface area contributed by atoms with Crippen LogP contribution in [0.3, 0.4) is 0 Å². The second kappa shape index (κ2) is 7.83. The minimum Gasteiger partial charge on any atom is -0.497 e. The van der Waals surface area contributed by atoms with Gasteiger partial charge in [0.1, 0.15) is 17.3 Å². The van der Waals surface area contributed by atoms with E-state index in [0.29, 0.717) is 5.82 Å². The van der Waals surface area contributed by atoms with Crippen LogP contribution in [-0.4, -0.2) is 35.2 Å². The monoisotopic (exact) mass is 409 g/mol. The first-order chi connectivity index (χ1) is 14.0. The molecule has 2 heterocycles. The lowest BCUT2D eigenvalue weighted by Gasteiger charge is -2.18. The zero-order valence-corrected chi connectivity index (χ0v) is 17.6. The Hall–Kier alpha value is -2.93. The molecule has 2 aromatic carbocycles. The highest BCUT2D eigenvalue weighted by atomic mass is 32.2. The number of amides is 1. The number of hydrogen-bond acceptors (Lipinski definition) is 5. The number of methoxy groups -OCH3 is 2. The van der Waals surface area contributed by atoms with E-state index in [4.69, 9.17) is 14.6 Å². The Kier molecular flexibility index (Phi) is 5.24. The van der Waals surface area contributed by atoms with E-state index in [1.165, 1.54) is 0 Å². The molecule has 2 atom stereocenters. The van der Waals surface area contributed by atoms with Crippen LogP contribution in [0.25, 0.3) is 5.69 Å². The molecule has 0 fully saturated rings. The summed E-state index contributed by atoms with van der Waals surface area (Å²) in [4.78, 5) is 12.8. The predicted molar refractivity (Wildman–Crippen MR) is 115 cm³/mol. The van der Waals surface area contributed by atoms with Crippen LogP contribution in [0.4, 0.5) is 5.82 Å². The van der Waals surface area contributed by atoms with Crippen LogP contribution in [0.1, 0.15) is 29.0 Å². The average molecular weight is 410 g/mol. The number of hydrogen-bond donors (Lipinski definition) is 1. The smallest absolute Gasteiger partial charge is 0.238 e. The number of ether oxygens (including phenoxy) is 2. The van der Waals surface area contributed by atoms with Crippen LogP contribution >= 0.6 is 11.8 Å². The highest BCUT2D eigenvalue weighted by Gasteiger charge is 2.34. The van der Waals surface area contributed by atoms with Crippen molar-refractivity contribution in [3.63, 3.8) is 0 Å². The number of fused-ring (bicyclic) bond motifs is 1. The molecular formula is C22H23N3O3S. The molecule has 150 valence electrons. The third-order valence-electron chi connectivity index (χ3n) is 5.03. The van der Waals surface area contributed by atoms with Crippen molar-refractivity contribution < 1.29 is 14.3 Å². The van der Waals surface area contributed by atoms with Crippen molar-refractivity contribution >= 4 is 23.5 Å². The molecule has 1 amide bonds. The Morgan fingerprint density at radius 1 is 1.07 bits per heavy atom. The quantitative estimate of drug-likeness (QED) is 0.694. The lowest BCUT2D eigenvalue weighted by Crippen LogP contribution is -2.22. The molecule has 3 aromatic rings. The van der Waals surface area contributed by atoms with Crippen molar-refractivity contribution in [3.8, 4) is 17.2 Å². The number of rotatable bonds is 4. The van der Waals surface area contributed by atoms with E-state index in [0.717, 1.165) is 34.0 Å². The molecule has 0 spiro atoms. The SMILES string of the molecule is COc1ccc(-n2nc(C)c3c2NC(=O)[C@@H](C)S[C@H]3c2cccc(OC)c2)cc1. The van der Waals surface area contributed by atoms with Crippen molar-refractivity contribution in [2.45, 2.75) is 24.3 Å². The van der Waals surface area contributed by atoms with E-state index >= 15 is 0 Å². The van der Waals surface area contributed by atoms with Gasteiger partial charge in [-0.15, -0.1) is 11.8 Å². The molecule has 0 unspecified atom stereocenters. The first-order valence-electron chi connectivity index (χ1n) is 9.36. The standard InChI is InChI=1S/C22H23N3O3S/c1-13-19-20(15-6-5-7-18(12-15)28-4)29-14(2)22(26)23-21(19)25(24-13)16-8-10-17(27-3)11-9-16/h5-12,14,20H,1-4H3,(H,23,26)/t14-,20+/m1/s1. The molecule has 0 saturated heterocycles. The predicted octanol–water partition coefficient (Wildman–Crippen LogP) is 4.36. The number of nitrogens with zero attached hydrogens (tertiary/aromatic N) is 2. The summed E-state index contributed by atoms with van der Waals surface area (Å²) < 4.78 is 12.5. The summed E-state index contributed by atoms with van der Waals surface area (Å²) in [5, 5.41) is 7.60. The molecular weight excluding hydrogens is 386 g/mol. The van der Waals surface area contributed by atoms with Gasteiger partial charge in [0.05, 0.1) is 36.1 Å². The van der Waals surface area contributed by atoms with Gasteiger partial charge in [0.25, 0.3) is 0 Å². The van der Waals surface area contributed by atoms with Gasteiger partial charge in [-0.1, -0.05) is 12.1 Å². The third kappa shape index (κ3) is 3.58. The Morgan fingerprint density at radius 2 is 1.79 bits per heavy atom. The second-order valence-corrected chi connectivity index (χ2v) is 8.33. The zero-order valence-electron chi connectivity index (χ0n) is 16.8. The largest absolute Gasteiger partial charge is 0.497 e. The van der Waals surface area contributed by atoms with Crippen LogP contribution in [-0.2, 0) is 4.79 Å². The number of anilines is 1. The number of carbonyl (C=O) groups excluding carboxylic acids is 1. The number of aryl methyl sites for hydroxylation is 1. The Bertz CT molecular complexity index is 1050. The molecule has 0 radical (unpaired) electrons. The molecule has 6 nitrogen and oxygen atoms in total. The first-order valence-corrected chi connectivity index (χ1v) is 10.3. The van der Waals surface area contributed by atoms with Gasteiger partial charge in [-0.25, -0.2) is 4.68 Å². The summed E-state index contributed by atoms with van der Waals surface area (Å²) in [6, 6.07) is 15.6. The summed E-state index contributed by atoms with van der Waals surface area (Å²) in [6.45, 7) is 3.91. The summed E-state index contributed by atoms with van der Waals surface area (Å²) in [5.74, 6) is 2.24. The van der Waals surface area contributed by atoms with E-state index < -0.39 is 0 Å². The maximum absolute atomic E-state index is 12.8. The number of benzene rings is 2. The van der Waals surface area contributed by atoms with Crippen molar-refractivity contribution in [1.29, 1.82) is 0 Å². The van der Waals surface area contributed by atoms with Crippen molar-refractivity contribution in [1.82, 2.24) is 9.78 Å². The zero-order chi connectivity index (χ0) is 20.5. The van der Waals surface area contributed by atoms with E-state index in [2.05, 4.69) is 11.4 Å². The minimum atomic E-state index is -0.206. The van der Waals surface area contributed by atoms with Crippen molar-refractivity contribution in [3.05, 3.63) is 65.4 Å². The number of aromatic nitrogens is 2. The van der Waals surface area contributed by atoms with Gasteiger partial charge in [-0.05, 0) is 55.8 Å². The van der Waals surface area contributed by atoms with E-state index in [1.54, 1.807) is 30.7 Å². The Labute approximate surface area is 174 Å². The number of thioether (sulfide) groups is 1. The Morgan fingerprint density at radius 3 is 2.48 bits per heavy atom. The lowest BCUT2D eigenvalue weighted by atomic mass is 10.0. The molecule has 7 heteroatoms. The van der Waals surface area contributed by atoms with Crippen LogP contribution in [0, 0.1) is 6.92 Å². The normalized spacial score (nSPS) is 18.6. The highest BCUT2D eigenvalue weighted by molar-refractivity contribution is 8.01. The van der Waals surface area contributed by atoms with Gasteiger partial charge >= 0.3 is 0 Å². The average Bonchev–Trinajstić information content (AvgIpc) is 2.99. The molecule has 0 saturated carbocycles. The molecule has 0 bridgehead atoms. The van der Waals surface area contributed by atoms with Gasteiger partial charge < -0.3 is 14.8 Å². The van der Waals surface area contributed by atoms with Crippen molar-refractivity contribution in [2.24, 2.45) is 0 Å². The van der Waals surface area contributed by atoms with Gasteiger partial charge in [0.2, 0.25) is 5.91 Å². The van der Waals surface area contributed by atoms with Crippen LogP contribution < -0.4 is 14.8 Å². The van der Waals surface area contributed by atoms with Gasteiger partial charge in [0.15, 0.2) is 0 Å². The fraction of sp³-hybridized carbons (Fsp3) is 0.273. The molecule has 4 rings (SSSR count). The van der Waals surface area contributed by atoms with Gasteiger partial charge in [-0.2, -0.15) is 5.10 Å². The second-order valence-electron chi connectivity index (χ2n) is 6.88. The molecule has 1 aromatic heterocycles. The first kappa shape index (κ1) is 19.4. The summed E-state index contributed by atoms with van der Waals surface area (Å²) in [6.07, 6.45) is 0. The van der Waals surface area contributed by atoms with E-state index in [9.17, 15) is 4.79 Å². The molecule has 1 aliphatic rings. The van der Waals surface area contributed by atoms with Gasteiger partial charge in [0, 0.05) is 5.56 Å². The topological polar surface area (TPSA) is 65.4 Å². The van der Waals surface area contributed by atoms with Crippen molar-refractivity contribution in [2.75, 3.05) is 19.5 Å². The maximum atomic E-state index is 12.8. The fourth-order valence-corrected chi connectivity index (χ4v) is 4.80. The summed E-state index contributed by atoms with van der Waals surface area (Å²) in [5.41, 5.74) is 3.83. The molecule has 1 aliphatic heterocycles. The summed E-state index contributed by atoms with van der Waals surface area (Å²) >= 11 is 1.62.